The van der Waals surface area contributed by atoms with Crippen LogP contribution in [-0.2, 0) is 32.6 Å². The first-order valence-electron chi connectivity index (χ1n) is 13.3. The highest BCUT2D eigenvalue weighted by molar-refractivity contribution is 7.92. The Morgan fingerprint density at radius 1 is 0.929 bits per heavy atom. The van der Waals surface area contributed by atoms with Gasteiger partial charge in [-0.1, -0.05) is 54.1 Å². The van der Waals surface area contributed by atoms with E-state index in [1.165, 1.54) is 25.2 Å². The summed E-state index contributed by atoms with van der Waals surface area (Å²) in [7, 11) is -1.12. The van der Waals surface area contributed by atoms with Gasteiger partial charge in [-0.2, -0.15) is 0 Å². The Labute approximate surface area is 253 Å². The Kier molecular flexibility index (Phi) is 10.9. The van der Waals surface area contributed by atoms with Crippen molar-refractivity contribution in [1.82, 2.24) is 10.2 Å². The number of ether oxygens (including phenoxy) is 2. The fraction of sp³-hybridized carbons (Fsp3) is 0.355. The van der Waals surface area contributed by atoms with Crippen LogP contribution in [-0.4, -0.2) is 63.7 Å². The highest BCUT2D eigenvalue weighted by Crippen LogP contribution is 2.34. The summed E-state index contributed by atoms with van der Waals surface area (Å²) in [5.74, 6) is -0.315. The number of benzene rings is 3. The molecule has 0 fully saturated rings. The lowest BCUT2D eigenvalue weighted by Gasteiger charge is -2.35. The van der Waals surface area contributed by atoms with Crippen molar-refractivity contribution in [1.29, 1.82) is 0 Å². The number of carbonyl (C=O) groups excluding carboxylic acids is 2. The van der Waals surface area contributed by atoms with Gasteiger partial charge in [0.15, 0.2) is 0 Å². The molecule has 0 aliphatic heterocycles. The number of halogens is 1. The first-order chi connectivity index (χ1) is 19.7. The molecule has 0 unspecified atom stereocenters. The molecule has 0 radical (unpaired) electrons. The first-order valence-corrected chi connectivity index (χ1v) is 15.5. The van der Waals surface area contributed by atoms with Gasteiger partial charge in [-0.15, -0.1) is 0 Å². The van der Waals surface area contributed by atoms with Crippen molar-refractivity contribution in [2.45, 2.75) is 45.3 Å². The van der Waals surface area contributed by atoms with Gasteiger partial charge in [0.2, 0.25) is 21.8 Å². The number of carbonyl (C=O) groups is 2. The molecule has 11 heteroatoms. The summed E-state index contributed by atoms with van der Waals surface area (Å²) < 4.78 is 37.9. The van der Waals surface area contributed by atoms with E-state index < -0.39 is 34.1 Å². The highest BCUT2D eigenvalue weighted by Gasteiger charge is 2.35. The zero-order valence-corrected chi connectivity index (χ0v) is 26.3. The molecular weight excluding hydrogens is 578 g/mol. The lowest BCUT2D eigenvalue weighted by molar-refractivity contribution is -0.140. The Morgan fingerprint density at radius 2 is 1.57 bits per heavy atom. The van der Waals surface area contributed by atoms with Crippen LogP contribution in [0.15, 0.2) is 72.8 Å². The van der Waals surface area contributed by atoms with Crippen LogP contribution in [0.2, 0.25) is 5.02 Å². The molecule has 0 bridgehead atoms. The number of hydrogen-bond donors (Lipinski definition) is 1. The predicted molar refractivity (Wildman–Crippen MR) is 166 cm³/mol. The van der Waals surface area contributed by atoms with E-state index in [9.17, 15) is 18.0 Å². The van der Waals surface area contributed by atoms with E-state index in [0.29, 0.717) is 10.8 Å². The number of amides is 2. The average molecular weight is 616 g/mol. The summed E-state index contributed by atoms with van der Waals surface area (Å²) >= 11 is 6.10. The van der Waals surface area contributed by atoms with E-state index in [1.54, 1.807) is 36.4 Å². The monoisotopic (exact) mass is 615 g/mol. The van der Waals surface area contributed by atoms with Crippen LogP contribution in [0.1, 0.15) is 31.9 Å². The first kappa shape index (κ1) is 32.8. The third-order valence-electron chi connectivity index (χ3n) is 6.37. The van der Waals surface area contributed by atoms with Crippen molar-refractivity contribution < 1.29 is 27.5 Å². The number of nitrogens with zero attached hydrogens (tertiary/aromatic N) is 2. The van der Waals surface area contributed by atoms with E-state index in [0.717, 1.165) is 21.7 Å². The second-order valence-corrected chi connectivity index (χ2v) is 13.2. The molecule has 1 N–H and O–H groups in total. The highest BCUT2D eigenvalue weighted by atomic mass is 35.5. The normalized spacial score (nSPS) is 12.3. The third kappa shape index (κ3) is 9.12. The molecule has 0 saturated carbocycles. The molecule has 0 aliphatic carbocycles. The second-order valence-electron chi connectivity index (χ2n) is 10.9. The maximum atomic E-state index is 14.2. The van der Waals surface area contributed by atoms with Crippen molar-refractivity contribution in [2.24, 2.45) is 0 Å². The van der Waals surface area contributed by atoms with Gasteiger partial charge >= 0.3 is 0 Å². The zero-order valence-electron chi connectivity index (χ0n) is 24.8. The van der Waals surface area contributed by atoms with E-state index in [4.69, 9.17) is 21.1 Å². The molecule has 1 atom stereocenters. The van der Waals surface area contributed by atoms with E-state index in [2.05, 4.69) is 5.32 Å². The molecule has 3 aromatic carbocycles. The van der Waals surface area contributed by atoms with Gasteiger partial charge in [-0.05, 0) is 56.2 Å². The molecule has 3 aromatic rings. The predicted octanol–water partition coefficient (Wildman–Crippen LogP) is 4.68. The van der Waals surface area contributed by atoms with Gasteiger partial charge in [0.05, 0.1) is 26.2 Å². The molecule has 0 saturated heterocycles. The lowest BCUT2D eigenvalue weighted by Crippen LogP contribution is -2.56. The minimum Gasteiger partial charge on any atom is -0.497 e. The summed E-state index contributed by atoms with van der Waals surface area (Å²) in [4.78, 5) is 29.5. The summed E-state index contributed by atoms with van der Waals surface area (Å²) in [6.45, 7) is 5.03. The van der Waals surface area contributed by atoms with Crippen molar-refractivity contribution >= 4 is 39.1 Å². The number of anilines is 1. The molecule has 0 aliphatic rings. The number of nitrogens with one attached hydrogen (secondary N) is 1. The molecule has 3 rings (SSSR count). The van der Waals surface area contributed by atoms with Gasteiger partial charge in [-0.3, -0.25) is 13.9 Å². The van der Waals surface area contributed by atoms with Gasteiger partial charge < -0.3 is 19.7 Å². The lowest BCUT2D eigenvalue weighted by atomic mass is 10.0. The Balaban J connectivity index is 2.12. The van der Waals surface area contributed by atoms with E-state index in [-0.39, 0.29) is 30.3 Å². The number of methoxy groups -OCH3 is 2. The van der Waals surface area contributed by atoms with Gasteiger partial charge in [0.25, 0.3) is 0 Å². The Hall–Kier alpha value is -3.76. The van der Waals surface area contributed by atoms with Crippen LogP contribution in [0.4, 0.5) is 5.69 Å². The number of hydrogen-bond acceptors (Lipinski definition) is 6. The fourth-order valence-electron chi connectivity index (χ4n) is 4.38. The van der Waals surface area contributed by atoms with Crippen LogP contribution < -0.4 is 19.1 Å². The SMILES string of the molecule is COc1ccc(OC)c(N(CC(=O)N(Cc2ccc(Cl)cc2)[C@H](Cc2ccccc2)C(=O)NC(C)(C)C)S(C)(=O)=O)c1. The van der Waals surface area contributed by atoms with Gasteiger partial charge in [-0.25, -0.2) is 8.42 Å². The van der Waals surface area contributed by atoms with Gasteiger partial charge in [0.1, 0.15) is 24.1 Å². The van der Waals surface area contributed by atoms with Crippen molar-refractivity contribution in [3.63, 3.8) is 0 Å². The van der Waals surface area contributed by atoms with Crippen molar-refractivity contribution in [2.75, 3.05) is 31.3 Å². The standard InChI is InChI=1S/C31H38ClN3O6S/c1-31(2,3)33-30(37)27(18-22-10-8-7-9-11-22)34(20-23-12-14-24(32)15-13-23)29(36)21-35(42(6,38)39)26-19-25(40-4)16-17-28(26)41-5/h7-17,19,27H,18,20-21H2,1-6H3,(H,33,37)/t27-/m1/s1. The second kappa shape index (κ2) is 13.9. The maximum Gasteiger partial charge on any atom is 0.244 e. The zero-order chi connectivity index (χ0) is 31.1. The smallest absolute Gasteiger partial charge is 0.244 e. The Bertz CT molecular complexity index is 1470. The third-order valence-corrected chi connectivity index (χ3v) is 7.75. The largest absolute Gasteiger partial charge is 0.497 e. The molecule has 226 valence electrons. The summed E-state index contributed by atoms with van der Waals surface area (Å²) in [5.41, 5.74) is 1.13. The van der Waals surface area contributed by atoms with Crippen LogP contribution in [0.5, 0.6) is 11.5 Å². The molecule has 0 aromatic heterocycles. The van der Waals surface area contributed by atoms with Gasteiger partial charge in [0, 0.05) is 29.6 Å². The minimum absolute atomic E-state index is 0.0396. The number of sulfonamides is 1. The molecule has 0 heterocycles. The minimum atomic E-state index is -3.98. The van der Waals surface area contributed by atoms with E-state index in [1.807, 2.05) is 51.1 Å². The molecule has 2 amide bonds. The van der Waals surface area contributed by atoms with Crippen molar-refractivity contribution in [3.05, 3.63) is 88.9 Å². The summed E-state index contributed by atoms with van der Waals surface area (Å²) in [6, 6.07) is 20.0. The molecule has 0 spiro atoms. The fourth-order valence-corrected chi connectivity index (χ4v) is 5.35. The average Bonchev–Trinajstić information content (AvgIpc) is 2.93. The van der Waals surface area contributed by atoms with E-state index >= 15 is 0 Å². The van der Waals surface area contributed by atoms with Crippen LogP contribution in [0, 0.1) is 0 Å². The quantitative estimate of drug-likeness (QED) is 0.317. The summed E-state index contributed by atoms with van der Waals surface area (Å²) in [6.07, 6.45) is 1.22. The van der Waals surface area contributed by atoms with Crippen LogP contribution in [0.3, 0.4) is 0 Å². The number of rotatable bonds is 12. The Morgan fingerprint density at radius 3 is 2.12 bits per heavy atom. The summed E-state index contributed by atoms with van der Waals surface area (Å²) in [5, 5.41) is 3.52. The molecule has 42 heavy (non-hydrogen) atoms. The molecule has 9 nitrogen and oxygen atoms in total. The van der Waals surface area contributed by atoms with Crippen LogP contribution in [0.25, 0.3) is 0 Å². The maximum absolute atomic E-state index is 14.2. The van der Waals surface area contributed by atoms with Crippen molar-refractivity contribution in [3.8, 4) is 11.5 Å². The topological polar surface area (TPSA) is 105 Å². The van der Waals surface area contributed by atoms with Crippen LogP contribution >= 0.6 is 11.6 Å². The molecular formula is C31H38ClN3O6S.